The van der Waals surface area contributed by atoms with Gasteiger partial charge in [0, 0.05) is 51.3 Å². The van der Waals surface area contributed by atoms with Crippen molar-refractivity contribution in [1.29, 1.82) is 0 Å². The number of likely N-dealkylation sites (tertiary alicyclic amines) is 1. The molecule has 50 heavy (non-hydrogen) atoms. The Morgan fingerprint density at radius 3 is 2.40 bits per heavy atom. The second-order valence-corrected chi connectivity index (χ2v) is 15.3. The summed E-state index contributed by atoms with van der Waals surface area (Å²) < 4.78 is 11.6. The molecule has 12 nitrogen and oxygen atoms in total. The van der Waals surface area contributed by atoms with Crippen molar-refractivity contribution < 1.29 is 29.0 Å². The summed E-state index contributed by atoms with van der Waals surface area (Å²) >= 11 is 0. The van der Waals surface area contributed by atoms with E-state index in [-0.39, 0.29) is 43.6 Å². The predicted molar refractivity (Wildman–Crippen MR) is 190 cm³/mol. The van der Waals surface area contributed by atoms with Crippen LogP contribution in [0.3, 0.4) is 0 Å². The molecule has 3 aliphatic rings. The summed E-state index contributed by atoms with van der Waals surface area (Å²) in [5.41, 5.74) is 1.04. The van der Waals surface area contributed by atoms with Crippen molar-refractivity contribution in [3.63, 3.8) is 0 Å². The largest absolute Gasteiger partial charge is 0.391 e. The number of imidazole rings is 1. The molecule has 4 N–H and O–H groups in total. The lowest BCUT2D eigenvalue weighted by atomic mass is 9.82. The van der Waals surface area contributed by atoms with Gasteiger partial charge in [0.1, 0.15) is 18.9 Å². The lowest BCUT2D eigenvalue weighted by molar-refractivity contribution is -0.141. The van der Waals surface area contributed by atoms with Gasteiger partial charge in [-0.1, -0.05) is 69.4 Å². The fourth-order valence-corrected chi connectivity index (χ4v) is 7.58. The van der Waals surface area contributed by atoms with Crippen LogP contribution in [0.15, 0.2) is 42.9 Å². The Morgan fingerprint density at radius 1 is 1.04 bits per heavy atom. The Hall–Kier alpha value is -3.48. The molecule has 5 atom stereocenters. The number of aliphatic hydroxyl groups is 1. The van der Waals surface area contributed by atoms with Gasteiger partial charge in [0.2, 0.25) is 11.8 Å². The summed E-state index contributed by atoms with van der Waals surface area (Å²) in [4.78, 5) is 52.8. The lowest BCUT2D eigenvalue weighted by Crippen LogP contribution is -2.59. The van der Waals surface area contributed by atoms with Crippen LogP contribution in [0.1, 0.15) is 89.8 Å². The molecule has 0 spiro atoms. The van der Waals surface area contributed by atoms with Crippen molar-refractivity contribution in [3.05, 3.63) is 54.1 Å². The summed E-state index contributed by atoms with van der Waals surface area (Å²) in [6.07, 6.45) is 10.8. The average Bonchev–Trinajstić information content (AvgIpc) is 3.75. The molecule has 1 aromatic heterocycles. The van der Waals surface area contributed by atoms with Crippen LogP contribution in [0, 0.1) is 11.8 Å². The van der Waals surface area contributed by atoms with E-state index in [4.69, 9.17) is 9.47 Å². The fourth-order valence-electron chi connectivity index (χ4n) is 7.58. The second kappa shape index (κ2) is 17.6. The molecule has 12 heteroatoms. The maximum Gasteiger partial charge on any atom is 0.318 e. The molecular weight excluding hydrogens is 636 g/mol. The number of aliphatic hydroxyl groups excluding tert-OH is 1. The number of urea groups is 1. The molecule has 0 unspecified atom stereocenters. The molecule has 3 heterocycles. The summed E-state index contributed by atoms with van der Waals surface area (Å²) in [5.74, 6) is 0.202. The zero-order valence-corrected chi connectivity index (χ0v) is 30.3. The van der Waals surface area contributed by atoms with Crippen LogP contribution in [0.2, 0.25) is 0 Å². The summed E-state index contributed by atoms with van der Waals surface area (Å²) in [6, 6.07) is 6.95. The van der Waals surface area contributed by atoms with Crippen LogP contribution in [0.5, 0.6) is 0 Å². The van der Waals surface area contributed by atoms with Crippen LogP contribution in [-0.4, -0.2) is 106 Å². The van der Waals surface area contributed by atoms with Gasteiger partial charge < -0.3 is 40.0 Å². The first-order chi connectivity index (χ1) is 24.0. The third-order valence-electron chi connectivity index (χ3n) is 11.1. The van der Waals surface area contributed by atoms with Crippen molar-refractivity contribution in [3.8, 4) is 0 Å². The first-order valence-electron chi connectivity index (χ1n) is 18.6. The number of benzene rings is 1. The van der Waals surface area contributed by atoms with Crippen molar-refractivity contribution in [2.75, 3.05) is 26.9 Å². The number of carbonyl (C=O) groups is 3. The number of aromatic nitrogens is 2. The van der Waals surface area contributed by atoms with E-state index in [0.29, 0.717) is 43.5 Å². The molecule has 276 valence electrons. The number of amides is 4. The van der Waals surface area contributed by atoms with Gasteiger partial charge >= 0.3 is 6.03 Å². The quantitative estimate of drug-likeness (QED) is 0.232. The van der Waals surface area contributed by atoms with Gasteiger partial charge in [0.05, 0.1) is 30.2 Å². The van der Waals surface area contributed by atoms with Gasteiger partial charge in [-0.15, -0.1) is 0 Å². The highest BCUT2D eigenvalue weighted by molar-refractivity contribution is 5.92. The predicted octanol–water partition coefficient (Wildman–Crippen LogP) is 4.19. The Bertz CT molecular complexity index is 1360. The van der Waals surface area contributed by atoms with E-state index in [1.165, 1.54) is 11.3 Å². The van der Waals surface area contributed by atoms with Gasteiger partial charge in [-0.3, -0.25) is 9.59 Å². The van der Waals surface area contributed by atoms with Crippen LogP contribution in [0.4, 0.5) is 4.79 Å². The minimum absolute atomic E-state index is 0.167. The molecular formula is C38H58N6O6. The summed E-state index contributed by atoms with van der Waals surface area (Å²) in [7, 11) is 1.62. The molecule has 5 rings (SSSR count). The minimum atomic E-state index is -0.933. The molecule has 0 bridgehead atoms. The average molecular weight is 695 g/mol. The van der Waals surface area contributed by atoms with Crippen LogP contribution in [-0.2, 0) is 31.9 Å². The molecule has 1 aliphatic carbocycles. The normalized spacial score (nSPS) is 22.3. The third kappa shape index (κ3) is 10.3. The summed E-state index contributed by atoms with van der Waals surface area (Å²) in [5, 5.41) is 17.9. The fraction of sp³-hybridized carbons (Fsp3) is 0.684. The Morgan fingerprint density at radius 2 is 1.76 bits per heavy atom. The van der Waals surface area contributed by atoms with Crippen molar-refractivity contribution >= 4 is 17.8 Å². The number of hydrogen-bond acceptors (Lipinski definition) is 7. The van der Waals surface area contributed by atoms with Gasteiger partial charge in [-0.25, -0.2) is 9.78 Å². The molecule has 1 aromatic carbocycles. The van der Waals surface area contributed by atoms with Crippen LogP contribution < -0.4 is 10.6 Å². The Labute approximate surface area is 297 Å². The van der Waals surface area contributed by atoms with E-state index < -0.39 is 29.8 Å². The van der Waals surface area contributed by atoms with Gasteiger partial charge in [0.15, 0.2) is 0 Å². The first-order valence-corrected chi connectivity index (χ1v) is 18.6. The van der Waals surface area contributed by atoms with Crippen molar-refractivity contribution in [1.82, 2.24) is 30.4 Å². The van der Waals surface area contributed by atoms with E-state index >= 15 is 0 Å². The minimum Gasteiger partial charge on any atom is -0.391 e. The topological polar surface area (TPSA) is 149 Å². The van der Waals surface area contributed by atoms with Crippen molar-refractivity contribution in [2.45, 2.75) is 127 Å². The molecule has 2 aliphatic heterocycles. The van der Waals surface area contributed by atoms with E-state index in [9.17, 15) is 19.5 Å². The number of nitrogens with one attached hydrogen (secondary N) is 3. The van der Waals surface area contributed by atoms with E-state index in [1.54, 1.807) is 24.5 Å². The third-order valence-corrected chi connectivity index (χ3v) is 11.1. The van der Waals surface area contributed by atoms with Gasteiger partial charge in [-0.2, -0.15) is 0 Å². The van der Waals surface area contributed by atoms with E-state index in [2.05, 4.69) is 27.5 Å². The monoisotopic (exact) mass is 694 g/mol. The van der Waals surface area contributed by atoms with Gasteiger partial charge in [0.25, 0.3) is 0 Å². The number of likely N-dealkylation sites (N-methyl/N-ethyl adjacent to an activating group) is 1. The number of aromatic amines is 1. The number of H-pyrrole nitrogens is 1. The van der Waals surface area contributed by atoms with Gasteiger partial charge in [-0.05, 0) is 50.5 Å². The number of piperidine rings is 1. The summed E-state index contributed by atoms with van der Waals surface area (Å²) in [6.45, 7) is 7.53. The maximum absolute atomic E-state index is 14.4. The number of ether oxygens (including phenoxy) is 2. The Kier molecular flexibility index (Phi) is 13.3. The molecule has 2 saturated heterocycles. The number of rotatable bonds is 14. The molecule has 1 saturated carbocycles. The SMILES string of the molecule is CC1CCN(C(=O)N[C@@H](Cc2ccccc2)C(=O)N(C)[C@@H](Cc2cnc[nH]2)C(=O)N[C@@H](CC2CCCCC2)[C@@H](O)C[C@@H]2OCOC2(C)C)CC1. The van der Waals surface area contributed by atoms with Crippen LogP contribution in [0.25, 0.3) is 0 Å². The van der Waals surface area contributed by atoms with Crippen molar-refractivity contribution in [2.24, 2.45) is 11.8 Å². The number of carbonyl (C=O) groups excluding carboxylic acids is 3. The maximum atomic E-state index is 14.4. The standard InChI is InChI=1S/C38H58N6O6/c1-26-15-17-44(18-16-26)37(48)42-31(20-28-13-9-6-10-14-28)36(47)43(4)32(21-29-23-39-24-40-29)35(46)41-30(19-27-11-7-5-8-12-27)33(45)22-34-38(2,3)50-25-49-34/h6,9-10,13-14,23-24,26-27,30-34,45H,5,7-8,11-12,15-22,25H2,1-4H3,(H,39,40)(H,41,46)(H,42,48)/t30-,31-,32-,33-,34-/m0/s1. The van der Waals surface area contributed by atoms with E-state index in [1.807, 2.05) is 44.2 Å². The zero-order chi connectivity index (χ0) is 35.7. The molecule has 0 radical (unpaired) electrons. The Balaban J connectivity index is 1.36. The smallest absolute Gasteiger partial charge is 0.318 e. The molecule has 2 aromatic rings. The zero-order valence-electron chi connectivity index (χ0n) is 30.3. The lowest BCUT2D eigenvalue weighted by Gasteiger charge is -2.36. The highest BCUT2D eigenvalue weighted by Crippen LogP contribution is 2.32. The second-order valence-electron chi connectivity index (χ2n) is 15.3. The molecule has 4 amide bonds. The molecule has 3 fully saturated rings. The number of hydrogen-bond donors (Lipinski definition) is 4. The first kappa shape index (κ1) is 37.8. The highest BCUT2D eigenvalue weighted by Gasteiger charge is 2.41. The number of nitrogens with zero attached hydrogens (tertiary/aromatic N) is 3. The van der Waals surface area contributed by atoms with Crippen LogP contribution >= 0.6 is 0 Å². The highest BCUT2D eigenvalue weighted by atomic mass is 16.7. The van der Waals surface area contributed by atoms with E-state index in [0.717, 1.165) is 44.1 Å².